The van der Waals surface area contributed by atoms with Crippen molar-refractivity contribution in [1.29, 1.82) is 0 Å². The Labute approximate surface area is 134 Å². The van der Waals surface area contributed by atoms with E-state index in [9.17, 15) is 4.79 Å². The third-order valence-corrected chi connectivity index (χ3v) is 4.34. The Kier molecular flexibility index (Phi) is 4.23. The van der Waals surface area contributed by atoms with Gasteiger partial charge in [-0.05, 0) is 49.9 Å². The van der Waals surface area contributed by atoms with Crippen molar-refractivity contribution >= 4 is 22.8 Å². The van der Waals surface area contributed by atoms with E-state index in [1.165, 1.54) is 0 Å². The van der Waals surface area contributed by atoms with Crippen LogP contribution in [0.2, 0.25) is 0 Å². The number of hydrogen-bond donors (Lipinski definition) is 3. The maximum Gasteiger partial charge on any atom is 0.404 e. The molecule has 1 amide bonds. The number of anilines is 1. The summed E-state index contributed by atoms with van der Waals surface area (Å²) in [5.41, 5.74) is 2.04. The SMILES string of the molecule is COc1ccc2c(C)cc(NC3CCC(NC(=O)O)C3)nc2c1. The average Bonchev–Trinajstić information content (AvgIpc) is 2.92. The molecule has 6 heteroatoms. The lowest BCUT2D eigenvalue weighted by Gasteiger charge is -2.15. The van der Waals surface area contributed by atoms with Gasteiger partial charge in [0, 0.05) is 23.5 Å². The Morgan fingerprint density at radius 2 is 2.09 bits per heavy atom. The molecule has 3 rings (SSSR count). The summed E-state index contributed by atoms with van der Waals surface area (Å²) in [6, 6.07) is 8.17. The van der Waals surface area contributed by atoms with Crippen molar-refractivity contribution in [2.24, 2.45) is 0 Å². The molecule has 1 aromatic heterocycles. The molecule has 0 aliphatic heterocycles. The maximum absolute atomic E-state index is 10.7. The van der Waals surface area contributed by atoms with Crippen molar-refractivity contribution in [3.8, 4) is 5.75 Å². The van der Waals surface area contributed by atoms with Crippen molar-refractivity contribution in [1.82, 2.24) is 10.3 Å². The van der Waals surface area contributed by atoms with E-state index >= 15 is 0 Å². The van der Waals surface area contributed by atoms with Crippen molar-refractivity contribution in [2.45, 2.75) is 38.3 Å². The number of ether oxygens (including phenoxy) is 1. The molecule has 6 nitrogen and oxygen atoms in total. The molecule has 122 valence electrons. The molecular weight excluding hydrogens is 294 g/mol. The molecule has 0 spiro atoms. The van der Waals surface area contributed by atoms with Crippen LogP contribution >= 0.6 is 0 Å². The molecule has 0 saturated heterocycles. The van der Waals surface area contributed by atoms with Crippen molar-refractivity contribution < 1.29 is 14.6 Å². The number of rotatable bonds is 4. The number of aromatic nitrogens is 1. The minimum atomic E-state index is -0.956. The normalized spacial score (nSPS) is 20.4. The van der Waals surface area contributed by atoms with Crippen LogP contribution in [0, 0.1) is 6.92 Å². The number of carboxylic acid groups (broad SMARTS) is 1. The van der Waals surface area contributed by atoms with Crippen LogP contribution in [0.5, 0.6) is 5.75 Å². The van der Waals surface area contributed by atoms with Crippen molar-refractivity contribution in [3.63, 3.8) is 0 Å². The summed E-state index contributed by atoms with van der Waals surface area (Å²) >= 11 is 0. The fourth-order valence-corrected chi connectivity index (χ4v) is 3.21. The number of benzene rings is 1. The lowest BCUT2D eigenvalue weighted by atomic mass is 10.1. The second kappa shape index (κ2) is 6.32. The van der Waals surface area contributed by atoms with Crippen LogP contribution in [-0.2, 0) is 0 Å². The van der Waals surface area contributed by atoms with Crippen molar-refractivity contribution in [3.05, 3.63) is 29.8 Å². The van der Waals surface area contributed by atoms with Gasteiger partial charge in [-0.1, -0.05) is 0 Å². The first kappa shape index (κ1) is 15.4. The number of fused-ring (bicyclic) bond motifs is 1. The summed E-state index contributed by atoms with van der Waals surface area (Å²) < 4.78 is 5.26. The highest BCUT2D eigenvalue weighted by atomic mass is 16.5. The minimum Gasteiger partial charge on any atom is -0.497 e. The number of nitrogens with one attached hydrogen (secondary N) is 2. The summed E-state index contributed by atoms with van der Waals surface area (Å²) in [6.45, 7) is 2.06. The Balaban J connectivity index is 1.77. The van der Waals surface area contributed by atoms with Gasteiger partial charge in [-0.15, -0.1) is 0 Å². The van der Waals surface area contributed by atoms with Gasteiger partial charge < -0.3 is 20.5 Å². The van der Waals surface area contributed by atoms with Crippen LogP contribution in [0.3, 0.4) is 0 Å². The quantitative estimate of drug-likeness (QED) is 0.807. The van der Waals surface area contributed by atoms with Gasteiger partial charge in [0.1, 0.15) is 11.6 Å². The van der Waals surface area contributed by atoms with Crippen LogP contribution in [0.15, 0.2) is 24.3 Å². The molecule has 2 aromatic rings. The topological polar surface area (TPSA) is 83.5 Å². The standard InChI is InChI=1S/C17H21N3O3/c1-10-7-16(18-11-3-4-12(8-11)19-17(21)22)20-15-9-13(23-2)5-6-14(10)15/h5-7,9,11-12,19H,3-4,8H2,1-2H3,(H,18,20)(H,21,22). The monoisotopic (exact) mass is 315 g/mol. The van der Waals surface area contributed by atoms with Gasteiger partial charge >= 0.3 is 6.09 Å². The third-order valence-electron chi connectivity index (χ3n) is 4.34. The molecule has 1 aliphatic carbocycles. The van der Waals surface area contributed by atoms with Gasteiger partial charge in [-0.25, -0.2) is 9.78 Å². The van der Waals surface area contributed by atoms with Crippen LogP contribution in [0.4, 0.5) is 10.6 Å². The number of carbonyl (C=O) groups is 1. The van der Waals surface area contributed by atoms with Gasteiger partial charge in [0.15, 0.2) is 0 Å². The highest BCUT2D eigenvalue weighted by Gasteiger charge is 2.26. The first-order valence-corrected chi connectivity index (χ1v) is 7.76. The van der Waals surface area contributed by atoms with Gasteiger partial charge in [0.2, 0.25) is 0 Å². The maximum atomic E-state index is 10.7. The molecular formula is C17H21N3O3. The molecule has 1 aliphatic rings. The average molecular weight is 315 g/mol. The molecule has 2 atom stereocenters. The minimum absolute atomic E-state index is 0.0200. The summed E-state index contributed by atoms with van der Waals surface area (Å²) in [4.78, 5) is 15.4. The highest BCUT2D eigenvalue weighted by molar-refractivity contribution is 5.85. The molecule has 0 bridgehead atoms. The van der Waals surface area contributed by atoms with Crippen LogP contribution in [-0.4, -0.2) is 35.4 Å². The van der Waals surface area contributed by atoms with E-state index in [-0.39, 0.29) is 12.1 Å². The van der Waals surface area contributed by atoms with E-state index in [2.05, 4.69) is 22.5 Å². The number of pyridine rings is 1. The summed E-state index contributed by atoms with van der Waals surface area (Å²) in [5.74, 6) is 1.61. The lowest BCUT2D eigenvalue weighted by molar-refractivity contribution is 0.190. The zero-order valence-electron chi connectivity index (χ0n) is 13.3. The van der Waals surface area contributed by atoms with Gasteiger partial charge in [0.05, 0.1) is 12.6 Å². The number of aryl methyl sites for hydroxylation is 1. The van der Waals surface area contributed by atoms with Gasteiger partial charge in [-0.3, -0.25) is 0 Å². The fourth-order valence-electron chi connectivity index (χ4n) is 3.21. The zero-order valence-corrected chi connectivity index (χ0v) is 13.3. The van der Waals surface area contributed by atoms with Gasteiger partial charge in [0.25, 0.3) is 0 Å². The van der Waals surface area contributed by atoms with Crippen molar-refractivity contribution in [2.75, 3.05) is 12.4 Å². The third kappa shape index (κ3) is 3.47. The highest BCUT2D eigenvalue weighted by Crippen LogP contribution is 2.27. The molecule has 1 saturated carbocycles. The number of amides is 1. The second-order valence-corrected chi connectivity index (χ2v) is 6.01. The summed E-state index contributed by atoms with van der Waals surface area (Å²) in [7, 11) is 1.64. The fraction of sp³-hybridized carbons (Fsp3) is 0.412. The van der Waals surface area contributed by atoms with Gasteiger partial charge in [-0.2, -0.15) is 0 Å². The Morgan fingerprint density at radius 3 is 2.83 bits per heavy atom. The predicted octanol–water partition coefficient (Wildman–Crippen LogP) is 3.15. The molecule has 0 radical (unpaired) electrons. The summed E-state index contributed by atoms with van der Waals surface area (Å²) in [6.07, 6.45) is 1.61. The molecule has 3 N–H and O–H groups in total. The lowest BCUT2D eigenvalue weighted by Crippen LogP contribution is -2.32. The van der Waals surface area contributed by atoms with E-state index in [1.807, 2.05) is 24.3 Å². The second-order valence-electron chi connectivity index (χ2n) is 6.01. The molecule has 1 fully saturated rings. The molecule has 2 unspecified atom stereocenters. The number of hydrogen-bond acceptors (Lipinski definition) is 4. The first-order chi connectivity index (χ1) is 11.0. The largest absolute Gasteiger partial charge is 0.497 e. The van der Waals surface area contributed by atoms with E-state index in [1.54, 1.807) is 7.11 Å². The van der Waals surface area contributed by atoms with E-state index in [4.69, 9.17) is 9.84 Å². The van der Waals surface area contributed by atoms with Crippen LogP contribution in [0.25, 0.3) is 10.9 Å². The van der Waals surface area contributed by atoms with E-state index in [0.717, 1.165) is 47.3 Å². The molecule has 23 heavy (non-hydrogen) atoms. The Bertz CT molecular complexity index is 732. The zero-order chi connectivity index (χ0) is 16.4. The first-order valence-electron chi connectivity index (χ1n) is 7.76. The van der Waals surface area contributed by atoms with Crippen LogP contribution in [0.1, 0.15) is 24.8 Å². The summed E-state index contributed by atoms with van der Waals surface area (Å²) in [5, 5.41) is 15.9. The predicted molar refractivity (Wildman–Crippen MR) is 89.2 cm³/mol. The number of methoxy groups -OCH3 is 1. The Morgan fingerprint density at radius 1 is 1.30 bits per heavy atom. The van der Waals surface area contributed by atoms with E-state index < -0.39 is 6.09 Å². The van der Waals surface area contributed by atoms with Crippen LogP contribution < -0.4 is 15.4 Å². The molecule has 1 heterocycles. The smallest absolute Gasteiger partial charge is 0.404 e. The number of nitrogens with zero attached hydrogens (tertiary/aromatic N) is 1. The molecule has 1 aromatic carbocycles. The Hall–Kier alpha value is -2.50. The van der Waals surface area contributed by atoms with E-state index in [0.29, 0.717) is 0 Å².